The number of rotatable bonds is 2. The summed E-state index contributed by atoms with van der Waals surface area (Å²) in [6.45, 7) is 2.13. The highest BCUT2D eigenvalue weighted by Gasteiger charge is 2.27. The predicted octanol–water partition coefficient (Wildman–Crippen LogP) is 3.40. The third-order valence-electron chi connectivity index (χ3n) is 5.08. The van der Waals surface area contributed by atoms with Gasteiger partial charge in [0.05, 0.1) is 28.9 Å². The van der Waals surface area contributed by atoms with Gasteiger partial charge in [0.2, 0.25) is 0 Å². The number of H-pyrrole nitrogens is 1. The lowest BCUT2D eigenvalue weighted by Gasteiger charge is -2.33. The Bertz CT molecular complexity index is 907. The van der Waals surface area contributed by atoms with Gasteiger partial charge in [-0.2, -0.15) is 0 Å². The lowest BCUT2D eigenvalue weighted by atomic mass is 9.84. The minimum atomic E-state index is -0.286. The summed E-state index contributed by atoms with van der Waals surface area (Å²) in [5.74, 6) is 0.764. The van der Waals surface area contributed by atoms with E-state index in [1.807, 2.05) is 0 Å². The summed E-state index contributed by atoms with van der Waals surface area (Å²) in [5.41, 5.74) is 8.21. The number of aliphatic hydroxyl groups is 1. The van der Waals surface area contributed by atoms with Gasteiger partial charge in [-0.3, -0.25) is 0 Å². The van der Waals surface area contributed by atoms with Crippen molar-refractivity contribution in [3.8, 4) is 0 Å². The van der Waals surface area contributed by atoms with Crippen LogP contribution in [0.2, 0.25) is 0 Å². The predicted molar refractivity (Wildman–Crippen MR) is 94.4 cm³/mol. The van der Waals surface area contributed by atoms with Crippen molar-refractivity contribution in [3.05, 3.63) is 30.2 Å². The highest BCUT2D eigenvalue weighted by atomic mass is 19.1. The summed E-state index contributed by atoms with van der Waals surface area (Å²) in [5, 5.41) is 14.9. The zero-order chi connectivity index (χ0) is 16.8. The molecule has 1 aromatic carbocycles. The second-order valence-electron chi connectivity index (χ2n) is 6.82. The van der Waals surface area contributed by atoms with Crippen LogP contribution in [0.4, 0.5) is 15.9 Å². The van der Waals surface area contributed by atoms with E-state index in [0.29, 0.717) is 17.4 Å². The maximum Gasteiger partial charge on any atom is 0.136 e. The molecule has 3 aromatic rings. The first-order valence-electron chi connectivity index (χ1n) is 8.33. The normalized spacial score (nSPS) is 24.5. The second-order valence-corrected chi connectivity index (χ2v) is 6.82. The van der Waals surface area contributed by atoms with E-state index in [1.54, 1.807) is 12.3 Å². The number of nitrogens with one attached hydrogen (secondary N) is 2. The number of aromatic amines is 1. The molecule has 1 unspecified atom stereocenters. The van der Waals surface area contributed by atoms with E-state index in [4.69, 9.17) is 5.73 Å². The summed E-state index contributed by atoms with van der Waals surface area (Å²) in [4.78, 5) is 7.72. The average molecular weight is 328 g/mol. The number of hydrogen-bond acceptors (Lipinski definition) is 4. The highest BCUT2D eigenvalue weighted by Crippen LogP contribution is 2.35. The molecule has 6 heteroatoms. The number of pyridine rings is 1. The Balaban J connectivity index is 1.82. The Morgan fingerprint density at radius 2 is 2.21 bits per heavy atom. The Morgan fingerprint density at radius 3 is 3.00 bits per heavy atom. The first-order valence-corrected chi connectivity index (χ1v) is 8.33. The number of aromatic nitrogens is 2. The maximum absolute atomic E-state index is 13.7. The molecule has 126 valence electrons. The lowest BCUT2D eigenvalue weighted by Crippen LogP contribution is -2.35. The van der Waals surface area contributed by atoms with Crippen LogP contribution in [0.3, 0.4) is 0 Å². The first-order chi connectivity index (χ1) is 11.5. The molecule has 0 saturated heterocycles. The Morgan fingerprint density at radius 1 is 1.38 bits per heavy atom. The zero-order valence-corrected chi connectivity index (χ0v) is 13.5. The van der Waals surface area contributed by atoms with Crippen molar-refractivity contribution in [1.29, 1.82) is 0 Å². The van der Waals surface area contributed by atoms with Crippen molar-refractivity contribution in [1.82, 2.24) is 9.97 Å². The molecule has 5 N–H and O–H groups in total. The molecule has 1 aliphatic carbocycles. The van der Waals surface area contributed by atoms with E-state index in [1.165, 1.54) is 12.1 Å². The van der Waals surface area contributed by atoms with Gasteiger partial charge in [-0.25, -0.2) is 9.37 Å². The van der Waals surface area contributed by atoms with Crippen molar-refractivity contribution in [2.24, 2.45) is 5.92 Å². The van der Waals surface area contributed by atoms with Crippen LogP contribution in [0.1, 0.15) is 26.2 Å². The van der Waals surface area contributed by atoms with Crippen molar-refractivity contribution < 1.29 is 9.50 Å². The Hall–Kier alpha value is -2.34. The number of hydrogen-bond donors (Lipinski definition) is 4. The number of benzene rings is 1. The molecule has 2 aromatic heterocycles. The number of nitrogens with zero attached hydrogens (tertiary/aromatic N) is 1. The molecule has 24 heavy (non-hydrogen) atoms. The highest BCUT2D eigenvalue weighted by molar-refractivity contribution is 6.15. The van der Waals surface area contributed by atoms with Gasteiger partial charge in [0.25, 0.3) is 0 Å². The van der Waals surface area contributed by atoms with E-state index in [9.17, 15) is 9.50 Å². The van der Waals surface area contributed by atoms with Crippen LogP contribution in [-0.2, 0) is 0 Å². The van der Waals surface area contributed by atoms with Crippen molar-refractivity contribution >= 4 is 33.3 Å². The van der Waals surface area contributed by atoms with Crippen LogP contribution >= 0.6 is 0 Å². The summed E-state index contributed by atoms with van der Waals surface area (Å²) >= 11 is 0. The minimum Gasteiger partial charge on any atom is -0.396 e. The van der Waals surface area contributed by atoms with Crippen LogP contribution in [0, 0.1) is 11.7 Å². The van der Waals surface area contributed by atoms with E-state index in [0.717, 1.165) is 41.1 Å². The monoisotopic (exact) mass is 328 g/mol. The molecule has 0 aliphatic heterocycles. The van der Waals surface area contributed by atoms with Crippen molar-refractivity contribution in [2.45, 2.75) is 38.3 Å². The number of halogens is 1. The number of aliphatic hydroxyl groups excluding tert-OH is 1. The average Bonchev–Trinajstić information content (AvgIpc) is 2.92. The third kappa shape index (κ3) is 2.47. The van der Waals surface area contributed by atoms with Gasteiger partial charge in [-0.15, -0.1) is 0 Å². The van der Waals surface area contributed by atoms with Crippen molar-refractivity contribution in [3.63, 3.8) is 0 Å². The molecule has 0 radical (unpaired) electrons. The fraction of sp³-hybridized carbons (Fsp3) is 0.389. The lowest BCUT2D eigenvalue weighted by molar-refractivity contribution is 0.0999. The van der Waals surface area contributed by atoms with Gasteiger partial charge >= 0.3 is 0 Å². The minimum absolute atomic E-state index is 0.223. The quantitative estimate of drug-likeness (QED) is 0.581. The summed E-state index contributed by atoms with van der Waals surface area (Å²) < 4.78 is 13.7. The second kappa shape index (κ2) is 5.63. The summed E-state index contributed by atoms with van der Waals surface area (Å²) in [6, 6.07) is 4.88. The van der Waals surface area contributed by atoms with Gasteiger partial charge in [-0.1, -0.05) is 6.92 Å². The molecule has 0 amide bonds. The molecule has 0 bridgehead atoms. The topological polar surface area (TPSA) is 87.0 Å². The van der Waals surface area contributed by atoms with Crippen LogP contribution in [0.25, 0.3) is 21.8 Å². The van der Waals surface area contributed by atoms with Gasteiger partial charge in [0.15, 0.2) is 0 Å². The van der Waals surface area contributed by atoms with Crippen LogP contribution in [0.5, 0.6) is 0 Å². The molecule has 0 spiro atoms. The molecule has 1 saturated carbocycles. The molecular weight excluding hydrogens is 307 g/mol. The fourth-order valence-electron chi connectivity index (χ4n) is 3.76. The van der Waals surface area contributed by atoms with E-state index in [-0.39, 0.29) is 18.0 Å². The first kappa shape index (κ1) is 15.2. The zero-order valence-electron chi connectivity index (χ0n) is 13.5. The summed E-state index contributed by atoms with van der Waals surface area (Å²) in [6.07, 6.45) is 3.84. The molecular formula is C18H21FN4O. The van der Waals surface area contributed by atoms with E-state index in [2.05, 4.69) is 22.2 Å². The number of fused-ring (bicyclic) bond motifs is 3. The van der Waals surface area contributed by atoms with Crippen LogP contribution in [0.15, 0.2) is 24.4 Å². The SMILES string of the molecule is C[C@@H]1C[C@H](O)CCC1Nc1ncc(N)c2[nH]c3ccc(F)cc3c12. The Kier molecular flexibility index (Phi) is 3.57. The fourth-order valence-corrected chi connectivity index (χ4v) is 3.76. The molecule has 3 atom stereocenters. The Labute approximate surface area is 139 Å². The molecule has 5 nitrogen and oxygen atoms in total. The molecule has 2 heterocycles. The van der Waals surface area contributed by atoms with Crippen LogP contribution in [-0.4, -0.2) is 27.2 Å². The summed E-state index contributed by atoms with van der Waals surface area (Å²) in [7, 11) is 0. The van der Waals surface area contributed by atoms with Crippen molar-refractivity contribution in [2.75, 3.05) is 11.1 Å². The van der Waals surface area contributed by atoms with Gasteiger partial charge in [0.1, 0.15) is 11.6 Å². The van der Waals surface area contributed by atoms with Gasteiger partial charge in [-0.05, 0) is 43.4 Å². The largest absolute Gasteiger partial charge is 0.396 e. The molecule has 1 aliphatic rings. The van der Waals surface area contributed by atoms with E-state index >= 15 is 0 Å². The standard InChI is InChI=1S/C18H21FN4O/c1-9-6-11(24)3-5-14(9)23-18-16-12-7-10(19)2-4-15(12)22-17(16)13(20)8-21-18/h2,4,7-9,11,14,22,24H,3,5-6,20H2,1H3,(H,21,23)/t9-,11-,14?/m1/s1. The third-order valence-corrected chi connectivity index (χ3v) is 5.08. The number of nitrogen functional groups attached to an aromatic ring is 1. The maximum atomic E-state index is 13.7. The van der Waals surface area contributed by atoms with Gasteiger partial charge in [0, 0.05) is 16.9 Å². The smallest absolute Gasteiger partial charge is 0.136 e. The van der Waals surface area contributed by atoms with Gasteiger partial charge < -0.3 is 21.1 Å². The van der Waals surface area contributed by atoms with E-state index < -0.39 is 0 Å². The van der Waals surface area contributed by atoms with Crippen LogP contribution < -0.4 is 11.1 Å². The molecule has 1 fully saturated rings. The number of nitrogens with two attached hydrogens (primary N) is 1. The number of anilines is 2. The molecule has 4 rings (SSSR count).